The number of benzene rings is 4. The molecule has 0 aromatic heterocycles. The summed E-state index contributed by atoms with van der Waals surface area (Å²) in [5.74, 6) is 0. The Hall–Kier alpha value is -1.96. The molecule has 0 aliphatic heterocycles. The predicted molar refractivity (Wildman–Crippen MR) is 188 cm³/mol. The van der Waals surface area contributed by atoms with E-state index < -0.39 is 18.9 Å². The van der Waals surface area contributed by atoms with Gasteiger partial charge in [0.05, 0.1) is 0 Å². The minimum atomic E-state index is -3.41. The standard InChI is InChI=1S/C26H29.2C6H5.2ClH.H2Si.Zr/c1-25(2,3)19-11-12-20-18(15-19)16-22-21(20)13-14-23(26(4,5)6)24(22)17-9-7-8-10-17;2*1-2-4-6-5-3-1;;;;/h7-9,11-16H,10H2,1-6H3;2*1-5H;2*1H;1H2;. The van der Waals surface area contributed by atoms with Crippen molar-refractivity contribution >= 4 is 43.8 Å². The molecule has 0 N–H and O–H groups in total. The summed E-state index contributed by atoms with van der Waals surface area (Å²) in [5, 5.41) is 0. The molecule has 0 saturated carbocycles. The van der Waals surface area contributed by atoms with Crippen molar-refractivity contribution in [1.82, 2.24) is 0 Å². The zero-order valence-corrected chi connectivity index (χ0v) is 31.2. The number of rotatable bonds is 4. The van der Waals surface area contributed by atoms with Gasteiger partial charge in [-0.25, -0.2) is 0 Å². The Morgan fingerprint density at radius 3 is 1.76 bits per heavy atom. The summed E-state index contributed by atoms with van der Waals surface area (Å²) >= 11 is -3.41. The van der Waals surface area contributed by atoms with E-state index in [-0.39, 0.29) is 35.6 Å². The molecular formula is C38H43Cl2SiZr. The molecule has 0 nitrogen and oxygen atoms in total. The topological polar surface area (TPSA) is 0 Å². The second kappa shape index (κ2) is 12.2. The average Bonchev–Trinajstić information content (AvgIpc) is 3.58. The molecule has 2 aliphatic rings. The summed E-state index contributed by atoms with van der Waals surface area (Å²) < 4.78 is 3.55. The normalized spacial score (nSPS) is 15.8. The van der Waals surface area contributed by atoms with Gasteiger partial charge in [0.2, 0.25) is 0 Å². The molecule has 4 aromatic rings. The van der Waals surface area contributed by atoms with Crippen LogP contribution in [0.2, 0.25) is 0 Å². The Kier molecular flexibility index (Phi) is 9.57. The van der Waals surface area contributed by atoms with Crippen LogP contribution in [0.1, 0.15) is 79.4 Å². The maximum Gasteiger partial charge on any atom is -0.147 e. The van der Waals surface area contributed by atoms with Crippen LogP contribution < -0.4 is 6.54 Å². The van der Waals surface area contributed by atoms with Gasteiger partial charge >= 0.3 is 248 Å². The molecule has 0 bridgehead atoms. The Morgan fingerprint density at radius 2 is 1.26 bits per heavy atom. The zero-order chi connectivity index (χ0) is 28.3. The van der Waals surface area contributed by atoms with Crippen molar-refractivity contribution < 1.29 is 18.9 Å². The Bertz CT molecular complexity index is 1660. The monoisotopic (exact) mass is 687 g/mol. The molecule has 0 radical (unpaired) electrons. The summed E-state index contributed by atoms with van der Waals surface area (Å²) in [5.41, 5.74) is 12.1. The third-order valence-corrected chi connectivity index (χ3v) is 26.9. The van der Waals surface area contributed by atoms with Crippen molar-refractivity contribution in [2.24, 2.45) is 0 Å². The predicted octanol–water partition coefficient (Wildman–Crippen LogP) is 8.89. The fourth-order valence-corrected chi connectivity index (χ4v) is 22.4. The van der Waals surface area contributed by atoms with E-state index in [9.17, 15) is 0 Å². The van der Waals surface area contributed by atoms with Crippen molar-refractivity contribution in [2.45, 2.75) is 62.4 Å². The van der Waals surface area contributed by atoms with E-state index in [0.29, 0.717) is 3.63 Å². The number of allylic oxidation sites excluding steroid dienone is 4. The van der Waals surface area contributed by atoms with E-state index in [1.54, 1.807) is 17.7 Å². The SMILES string of the molecule is CC(C)(C)c1ccc2c(c1)[CH]([Zr](=[SiH2])([c]1ccccc1)[c]1ccccc1)c1c-2ccc(C(C)(C)C)c1C1=CC=CC1.Cl.Cl. The molecule has 217 valence electrons. The maximum absolute atomic E-state index is 3.41. The van der Waals surface area contributed by atoms with Gasteiger partial charge in [-0.2, -0.15) is 0 Å². The summed E-state index contributed by atoms with van der Waals surface area (Å²) in [7, 11) is 0. The quantitative estimate of drug-likeness (QED) is 0.188. The second-order valence-electron chi connectivity index (χ2n) is 13.7. The molecule has 42 heavy (non-hydrogen) atoms. The third kappa shape index (κ3) is 5.54. The fourth-order valence-electron chi connectivity index (χ4n) is 6.91. The van der Waals surface area contributed by atoms with Gasteiger partial charge in [0.1, 0.15) is 0 Å². The summed E-state index contributed by atoms with van der Waals surface area (Å²) in [6.07, 6.45) is 7.98. The first-order valence-corrected chi connectivity index (χ1v) is 24.5. The fraction of sp³-hybridized carbons (Fsp3) is 0.263. The van der Waals surface area contributed by atoms with E-state index >= 15 is 0 Å². The maximum atomic E-state index is 2.59. The van der Waals surface area contributed by atoms with Crippen LogP contribution in [0.15, 0.2) is 109 Å². The molecule has 6 rings (SSSR count). The Morgan fingerprint density at radius 1 is 0.690 bits per heavy atom. The molecule has 1 unspecified atom stereocenters. The molecule has 4 aromatic carbocycles. The van der Waals surface area contributed by atoms with Crippen molar-refractivity contribution in [3.63, 3.8) is 0 Å². The van der Waals surface area contributed by atoms with Gasteiger partial charge in [-0.1, -0.05) is 0 Å². The van der Waals surface area contributed by atoms with E-state index in [1.807, 2.05) is 0 Å². The van der Waals surface area contributed by atoms with E-state index in [2.05, 4.69) is 158 Å². The van der Waals surface area contributed by atoms with Gasteiger partial charge in [-0.3, -0.25) is 0 Å². The number of hydrogen-bond acceptors (Lipinski definition) is 0. The van der Waals surface area contributed by atoms with Gasteiger partial charge in [-0.05, 0) is 0 Å². The molecule has 4 heteroatoms. The van der Waals surface area contributed by atoms with Crippen LogP contribution in [-0.2, 0) is 29.7 Å². The zero-order valence-electron chi connectivity index (χ0n) is 25.7. The van der Waals surface area contributed by atoms with Crippen LogP contribution in [0.3, 0.4) is 0 Å². The minimum Gasteiger partial charge on any atom is -0.147 e. The first kappa shape index (κ1) is 32.9. The molecule has 0 amide bonds. The molecule has 0 saturated heterocycles. The van der Waals surface area contributed by atoms with Crippen LogP contribution in [-0.4, -0.2) is 6.88 Å². The van der Waals surface area contributed by atoms with Gasteiger partial charge in [0, 0.05) is 0 Å². The van der Waals surface area contributed by atoms with Crippen LogP contribution in [0.25, 0.3) is 16.7 Å². The van der Waals surface area contributed by atoms with E-state index in [1.165, 1.54) is 33.4 Å². The largest absolute Gasteiger partial charge is 0.147 e. The summed E-state index contributed by atoms with van der Waals surface area (Å²) in [6.45, 7) is 16.6. The number of hydrogen-bond donors (Lipinski definition) is 0. The number of halogens is 2. The summed E-state index contributed by atoms with van der Waals surface area (Å²) in [6, 6.07) is 35.5. The first-order valence-electron chi connectivity index (χ1n) is 14.7. The smallest absolute Gasteiger partial charge is 0.147 e. The van der Waals surface area contributed by atoms with Gasteiger partial charge in [-0.15, -0.1) is 24.8 Å². The number of fused-ring (bicyclic) bond motifs is 3. The Labute approximate surface area is 271 Å². The molecule has 0 fully saturated rings. The molecule has 0 spiro atoms. The van der Waals surface area contributed by atoms with Gasteiger partial charge in [0.15, 0.2) is 0 Å². The third-order valence-electron chi connectivity index (χ3n) is 9.02. The second-order valence-corrected chi connectivity index (χ2v) is 29.3. The summed E-state index contributed by atoms with van der Waals surface area (Å²) in [4.78, 5) is 0. The van der Waals surface area contributed by atoms with Gasteiger partial charge < -0.3 is 0 Å². The van der Waals surface area contributed by atoms with Crippen LogP contribution in [0.5, 0.6) is 0 Å². The molecular weight excluding hydrogens is 647 g/mol. The van der Waals surface area contributed by atoms with E-state index in [4.69, 9.17) is 0 Å². The van der Waals surface area contributed by atoms with Crippen LogP contribution in [0.4, 0.5) is 0 Å². The average molecular weight is 690 g/mol. The van der Waals surface area contributed by atoms with Crippen molar-refractivity contribution in [3.8, 4) is 11.1 Å². The van der Waals surface area contributed by atoms with Crippen LogP contribution in [0, 0.1) is 0 Å². The Balaban J connectivity index is 0.00000202. The van der Waals surface area contributed by atoms with Crippen molar-refractivity contribution in [2.75, 3.05) is 0 Å². The minimum absolute atomic E-state index is 0. The molecule has 2 aliphatic carbocycles. The van der Waals surface area contributed by atoms with E-state index in [0.717, 1.165) is 6.42 Å². The van der Waals surface area contributed by atoms with Crippen molar-refractivity contribution in [1.29, 1.82) is 0 Å². The van der Waals surface area contributed by atoms with Crippen molar-refractivity contribution in [3.05, 3.63) is 137 Å². The first-order chi connectivity index (χ1) is 19.0. The molecule has 1 atom stereocenters. The molecule has 0 heterocycles. The van der Waals surface area contributed by atoms with Crippen LogP contribution >= 0.6 is 24.8 Å². The van der Waals surface area contributed by atoms with Gasteiger partial charge in [0.25, 0.3) is 0 Å².